The van der Waals surface area contributed by atoms with Crippen molar-refractivity contribution in [2.45, 2.75) is 19.1 Å². The summed E-state index contributed by atoms with van der Waals surface area (Å²) >= 11 is 5.85. The molecule has 2 unspecified atom stereocenters. The van der Waals surface area contributed by atoms with Crippen LogP contribution >= 0.6 is 11.6 Å². The normalized spacial score (nSPS) is 13.6. The number of hydrogen-bond acceptors (Lipinski definition) is 3. The number of aliphatic hydroxyl groups is 1. The molecule has 0 saturated carbocycles. The second kappa shape index (κ2) is 6.55. The summed E-state index contributed by atoms with van der Waals surface area (Å²) in [5.74, 6) is -0.512. The third-order valence-electron chi connectivity index (χ3n) is 2.86. The topological polar surface area (TPSA) is 46.5 Å². The molecular weight excluding hydrogens is 276 g/mol. The van der Waals surface area contributed by atoms with Gasteiger partial charge in [0.15, 0.2) is 6.10 Å². The summed E-state index contributed by atoms with van der Waals surface area (Å²) in [6.45, 7) is 1.59. The number of rotatable bonds is 4. The Morgan fingerprint density at radius 1 is 1.15 bits per heavy atom. The maximum absolute atomic E-state index is 12.1. The zero-order valence-corrected chi connectivity index (χ0v) is 11.7. The van der Waals surface area contributed by atoms with Crippen molar-refractivity contribution in [3.63, 3.8) is 0 Å². The molecule has 1 N–H and O–H groups in total. The van der Waals surface area contributed by atoms with Gasteiger partial charge >= 0.3 is 5.97 Å². The van der Waals surface area contributed by atoms with Crippen LogP contribution in [0.2, 0.25) is 5.02 Å². The first-order valence-electron chi connectivity index (χ1n) is 6.27. The van der Waals surface area contributed by atoms with Crippen molar-refractivity contribution < 1.29 is 14.6 Å². The molecule has 2 rings (SSSR count). The summed E-state index contributed by atoms with van der Waals surface area (Å²) in [7, 11) is 0. The van der Waals surface area contributed by atoms with Crippen LogP contribution in [-0.2, 0) is 4.74 Å². The van der Waals surface area contributed by atoms with Crippen LogP contribution in [0.4, 0.5) is 0 Å². The van der Waals surface area contributed by atoms with Gasteiger partial charge in [0.05, 0.1) is 11.7 Å². The van der Waals surface area contributed by atoms with Gasteiger partial charge in [-0.15, -0.1) is 0 Å². The number of carbonyl (C=O) groups is 1. The Balaban J connectivity index is 2.19. The fourth-order valence-corrected chi connectivity index (χ4v) is 2.08. The van der Waals surface area contributed by atoms with Gasteiger partial charge in [-0.25, -0.2) is 4.79 Å². The standard InChI is InChI=1S/C16H15ClO3/c1-11(18)15(12-6-3-2-4-7-12)20-16(19)13-8-5-9-14(17)10-13/h2-11,15,18H,1H3. The summed E-state index contributed by atoms with van der Waals surface area (Å²) in [6, 6.07) is 15.7. The van der Waals surface area contributed by atoms with Gasteiger partial charge in [0.2, 0.25) is 0 Å². The predicted octanol–water partition coefficient (Wildman–Crippen LogP) is 3.62. The molecule has 3 nitrogen and oxygen atoms in total. The molecule has 0 saturated heterocycles. The van der Waals surface area contributed by atoms with E-state index < -0.39 is 18.2 Å². The van der Waals surface area contributed by atoms with E-state index >= 15 is 0 Å². The fraction of sp³-hybridized carbons (Fsp3) is 0.188. The molecular formula is C16H15ClO3. The molecule has 0 aromatic heterocycles. The predicted molar refractivity (Wildman–Crippen MR) is 77.7 cm³/mol. The van der Waals surface area contributed by atoms with Crippen molar-refractivity contribution in [1.82, 2.24) is 0 Å². The van der Waals surface area contributed by atoms with Crippen LogP contribution < -0.4 is 0 Å². The minimum absolute atomic E-state index is 0.360. The summed E-state index contributed by atoms with van der Waals surface area (Å²) in [5, 5.41) is 10.3. The first-order chi connectivity index (χ1) is 9.58. The van der Waals surface area contributed by atoms with Crippen molar-refractivity contribution in [1.29, 1.82) is 0 Å². The molecule has 0 heterocycles. The molecule has 0 bridgehead atoms. The third-order valence-corrected chi connectivity index (χ3v) is 3.10. The van der Waals surface area contributed by atoms with Crippen LogP contribution in [0.25, 0.3) is 0 Å². The quantitative estimate of drug-likeness (QED) is 0.875. The molecule has 104 valence electrons. The molecule has 0 fully saturated rings. The molecule has 2 atom stereocenters. The van der Waals surface area contributed by atoms with Gasteiger partial charge < -0.3 is 9.84 Å². The number of halogens is 1. The minimum Gasteiger partial charge on any atom is -0.451 e. The van der Waals surface area contributed by atoms with Crippen molar-refractivity contribution in [2.24, 2.45) is 0 Å². The smallest absolute Gasteiger partial charge is 0.338 e. The highest BCUT2D eigenvalue weighted by Crippen LogP contribution is 2.23. The van der Waals surface area contributed by atoms with Gasteiger partial charge in [0.1, 0.15) is 0 Å². The van der Waals surface area contributed by atoms with E-state index in [1.807, 2.05) is 30.3 Å². The van der Waals surface area contributed by atoms with Crippen molar-refractivity contribution in [3.8, 4) is 0 Å². The van der Waals surface area contributed by atoms with Crippen LogP contribution in [0.3, 0.4) is 0 Å². The van der Waals surface area contributed by atoms with Gasteiger partial charge in [0.25, 0.3) is 0 Å². The summed E-state index contributed by atoms with van der Waals surface area (Å²) < 4.78 is 5.39. The lowest BCUT2D eigenvalue weighted by atomic mass is 10.1. The van der Waals surface area contributed by atoms with Crippen molar-refractivity contribution in [3.05, 3.63) is 70.7 Å². The molecule has 20 heavy (non-hydrogen) atoms. The van der Waals surface area contributed by atoms with Crippen LogP contribution in [0.1, 0.15) is 28.9 Å². The SMILES string of the molecule is CC(O)C(OC(=O)c1cccc(Cl)c1)c1ccccc1. The fourth-order valence-electron chi connectivity index (χ4n) is 1.89. The average Bonchev–Trinajstić information content (AvgIpc) is 2.45. The van der Waals surface area contributed by atoms with Gasteiger partial charge in [-0.2, -0.15) is 0 Å². The largest absolute Gasteiger partial charge is 0.451 e. The average molecular weight is 291 g/mol. The first-order valence-corrected chi connectivity index (χ1v) is 6.65. The summed E-state index contributed by atoms with van der Waals surface area (Å²) in [4.78, 5) is 12.1. The third kappa shape index (κ3) is 3.59. The van der Waals surface area contributed by atoms with Crippen LogP contribution in [-0.4, -0.2) is 17.2 Å². The molecule has 4 heteroatoms. The highest BCUT2D eigenvalue weighted by atomic mass is 35.5. The van der Waals surface area contributed by atoms with E-state index in [2.05, 4.69) is 0 Å². The highest BCUT2D eigenvalue weighted by molar-refractivity contribution is 6.30. The van der Waals surface area contributed by atoms with E-state index in [1.165, 1.54) is 6.07 Å². The molecule has 0 aliphatic heterocycles. The molecule has 0 radical (unpaired) electrons. The Hall–Kier alpha value is -1.84. The molecule has 0 amide bonds. The molecule has 2 aromatic carbocycles. The summed E-state index contributed by atoms with van der Waals surface area (Å²) in [6.07, 6.45) is -1.51. The lowest BCUT2D eigenvalue weighted by Gasteiger charge is -2.21. The Morgan fingerprint density at radius 3 is 2.45 bits per heavy atom. The van der Waals surface area contributed by atoms with E-state index in [0.29, 0.717) is 10.6 Å². The second-order valence-corrected chi connectivity index (χ2v) is 4.92. The number of benzene rings is 2. The van der Waals surface area contributed by atoms with Crippen LogP contribution in [0.5, 0.6) is 0 Å². The number of aliphatic hydroxyl groups excluding tert-OH is 1. The lowest BCUT2D eigenvalue weighted by Crippen LogP contribution is -2.21. The minimum atomic E-state index is -0.805. The first kappa shape index (κ1) is 14.6. The number of esters is 1. The van der Waals surface area contributed by atoms with E-state index in [0.717, 1.165) is 5.56 Å². The monoisotopic (exact) mass is 290 g/mol. The molecule has 0 aliphatic carbocycles. The Labute approximate surface area is 122 Å². The molecule has 2 aromatic rings. The van der Waals surface area contributed by atoms with E-state index in [-0.39, 0.29) is 0 Å². The highest BCUT2D eigenvalue weighted by Gasteiger charge is 2.22. The van der Waals surface area contributed by atoms with Crippen LogP contribution in [0.15, 0.2) is 54.6 Å². The summed E-state index contributed by atoms with van der Waals surface area (Å²) in [5.41, 5.74) is 1.11. The van der Waals surface area contributed by atoms with Gasteiger partial charge in [-0.05, 0) is 30.7 Å². The zero-order valence-electron chi connectivity index (χ0n) is 11.0. The number of hydrogen-bond donors (Lipinski definition) is 1. The van der Waals surface area contributed by atoms with Crippen molar-refractivity contribution in [2.75, 3.05) is 0 Å². The van der Waals surface area contributed by atoms with Gasteiger partial charge in [-0.1, -0.05) is 48.0 Å². The molecule has 0 aliphatic rings. The second-order valence-electron chi connectivity index (χ2n) is 4.49. The van der Waals surface area contributed by atoms with Gasteiger partial charge in [0, 0.05) is 5.02 Å². The van der Waals surface area contributed by atoms with Crippen LogP contribution in [0, 0.1) is 0 Å². The molecule has 0 spiro atoms. The van der Waals surface area contributed by atoms with E-state index in [9.17, 15) is 9.90 Å². The maximum atomic E-state index is 12.1. The Bertz CT molecular complexity index is 581. The lowest BCUT2D eigenvalue weighted by molar-refractivity contribution is -0.0134. The number of ether oxygens (including phenoxy) is 1. The Morgan fingerprint density at radius 2 is 1.85 bits per heavy atom. The number of carbonyl (C=O) groups excluding carboxylic acids is 1. The van der Waals surface area contributed by atoms with Gasteiger partial charge in [-0.3, -0.25) is 0 Å². The zero-order chi connectivity index (χ0) is 14.5. The van der Waals surface area contributed by atoms with E-state index in [1.54, 1.807) is 25.1 Å². The van der Waals surface area contributed by atoms with Crippen molar-refractivity contribution >= 4 is 17.6 Å². The maximum Gasteiger partial charge on any atom is 0.338 e. The van der Waals surface area contributed by atoms with E-state index in [4.69, 9.17) is 16.3 Å². The Kier molecular flexibility index (Phi) is 4.77.